The minimum absolute atomic E-state index is 0.0412. The fourth-order valence-electron chi connectivity index (χ4n) is 5.84. The molecule has 4 aromatic rings. The Hall–Kier alpha value is -3.26. The van der Waals surface area contributed by atoms with E-state index in [1.165, 1.54) is 36.4 Å². The molecule has 1 aromatic heterocycles. The second-order valence-electron chi connectivity index (χ2n) is 10.1. The topological polar surface area (TPSA) is 47.4 Å². The first kappa shape index (κ1) is 26.9. The van der Waals surface area contributed by atoms with Crippen molar-refractivity contribution < 1.29 is 27.1 Å². The van der Waals surface area contributed by atoms with E-state index in [1.807, 2.05) is 13.3 Å². The van der Waals surface area contributed by atoms with E-state index >= 15 is 4.39 Å². The SMILES string of the molecule is [B]C([B])([B])N1C(=O)c2cccc(OC(F)F)c2[C@H]2C[C@@H]1c1nc3cc(F)c(-c4ccc(P(C)C)c(F)c4)cc3n12. The van der Waals surface area contributed by atoms with Gasteiger partial charge in [0.25, 0.3) is 5.91 Å². The highest BCUT2D eigenvalue weighted by atomic mass is 31.1. The molecule has 13 heteroatoms. The van der Waals surface area contributed by atoms with Crippen LogP contribution < -0.4 is 10.0 Å². The Balaban J connectivity index is 1.61. The molecule has 5 nitrogen and oxygen atoms in total. The lowest BCUT2D eigenvalue weighted by Gasteiger charge is -2.41. The van der Waals surface area contributed by atoms with Crippen molar-refractivity contribution in [3.8, 4) is 16.9 Å². The Bertz CT molecular complexity index is 1690. The normalized spacial score (nSPS) is 18.4. The number of alkyl halides is 2. The molecular weight excluding hydrogens is 538 g/mol. The number of fused-ring (bicyclic) bond motifs is 9. The minimum atomic E-state index is -3.15. The van der Waals surface area contributed by atoms with E-state index < -0.39 is 49.4 Å². The van der Waals surface area contributed by atoms with Gasteiger partial charge in [-0.2, -0.15) is 8.78 Å². The number of aromatic nitrogens is 2. The maximum Gasteiger partial charge on any atom is 0.387 e. The van der Waals surface area contributed by atoms with Crippen LogP contribution in [0.25, 0.3) is 22.2 Å². The summed E-state index contributed by atoms with van der Waals surface area (Å²) in [6, 6.07) is 9.98. The Kier molecular flexibility index (Phi) is 6.33. The monoisotopic (exact) mass is 557 g/mol. The first-order chi connectivity index (χ1) is 18.9. The lowest BCUT2D eigenvalue weighted by Crippen LogP contribution is -2.54. The highest BCUT2D eigenvalue weighted by molar-refractivity contribution is 7.64. The van der Waals surface area contributed by atoms with E-state index in [0.29, 0.717) is 22.2 Å². The number of halogens is 4. The van der Waals surface area contributed by atoms with Crippen LogP contribution in [0.1, 0.15) is 40.3 Å². The zero-order valence-corrected chi connectivity index (χ0v) is 22.3. The fraction of sp³-hybridized carbons (Fsp3) is 0.259. The molecular formula is C27H19B3F4N3O2P. The Morgan fingerprint density at radius 2 is 1.77 bits per heavy atom. The highest BCUT2D eigenvalue weighted by Gasteiger charge is 2.48. The molecule has 0 spiro atoms. The van der Waals surface area contributed by atoms with Gasteiger partial charge < -0.3 is 14.2 Å². The molecule has 2 bridgehead atoms. The quantitative estimate of drug-likeness (QED) is 0.206. The number of hydrogen-bond donors (Lipinski definition) is 0. The van der Waals surface area contributed by atoms with Gasteiger partial charge in [-0.3, -0.25) is 4.79 Å². The third kappa shape index (κ3) is 4.14. The summed E-state index contributed by atoms with van der Waals surface area (Å²) in [6.07, 6.45) is 0.153. The van der Waals surface area contributed by atoms with E-state index in [9.17, 15) is 18.0 Å². The van der Waals surface area contributed by atoms with Gasteiger partial charge in [-0.05, 0) is 43.2 Å². The second kappa shape index (κ2) is 9.40. The molecule has 2 atom stereocenters. The number of carbonyl (C=O) groups excluding carboxylic acids is 1. The molecule has 0 unspecified atom stereocenters. The molecule has 6 rings (SSSR count). The van der Waals surface area contributed by atoms with Gasteiger partial charge in [-0.25, -0.2) is 13.8 Å². The van der Waals surface area contributed by atoms with Crippen molar-refractivity contribution in [2.75, 3.05) is 13.3 Å². The van der Waals surface area contributed by atoms with Crippen molar-refractivity contribution in [2.45, 2.75) is 30.4 Å². The number of carbonyl (C=O) groups is 1. The van der Waals surface area contributed by atoms with Gasteiger partial charge in [0.15, 0.2) is 0 Å². The minimum Gasteiger partial charge on any atom is -0.434 e. The highest BCUT2D eigenvalue weighted by Crippen LogP contribution is 2.51. The number of amides is 1. The first-order valence-electron chi connectivity index (χ1n) is 12.3. The molecule has 0 saturated carbocycles. The molecule has 0 saturated heterocycles. The Morgan fingerprint density at radius 3 is 2.42 bits per heavy atom. The van der Waals surface area contributed by atoms with Crippen LogP contribution in [0.5, 0.6) is 5.75 Å². The number of rotatable bonds is 5. The van der Waals surface area contributed by atoms with Gasteiger partial charge in [-0.1, -0.05) is 31.4 Å². The average molecular weight is 557 g/mol. The number of benzene rings is 3. The third-order valence-electron chi connectivity index (χ3n) is 7.40. The zero-order valence-electron chi connectivity index (χ0n) is 21.4. The largest absolute Gasteiger partial charge is 0.434 e. The van der Waals surface area contributed by atoms with Gasteiger partial charge in [0.05, 0.1) is 46.7 Å². The van der Waals surface area contributed by atoms with Crippen molar-refractivity contribution in [2.24, 2.45) is 0 Å². The second-order valence-corrected chi connectivity index (χ2v) is 12.4. The van der Waals surface area contributed by atoms with E-state index in [4.69, 9.17) is 28.3 Å². The summed E-state index contributed by atoms with van der Waals surface area (Å²) >= 11 is 0. The number of ether oxygens (including phenoxy) is 1. The molecule has 0 fully saturated rings. The van der Waals surface area contributed by atoms with Crippen LogP contribution in [-0.2, 0) is 0 Å². The average Bonchev–Trinajstić information content (AvgIpc) is 3.34. The first-order valence-corrected chi connectivity index (χ1v) is 14.6. The molecule has 3 heterocycles. The number of hydrogen-bond acceptors (Lipinski definition) is 3. The van der Waals surface area contributed by atoms with Gasteiger partial charge in [0.1, 0.15) is 23.2 Å². The van der Waals surface area contributed by atoms with Gasteiger partial charge >= 0.3 is 6.61 Å². The number of imidazole rings is 1. The maximum absolute atomic E-state index is 15.4. The predicted octanol–water partition coefficient (Wildman–Crippen LogP) is 4.56. The molecule has 2 aliphatic heterocycles. The third-order valence-corrected chi connectivity index (χ3v) is 8.72. The van der Waals surface area contributed by atoms with E-state index in [1.54, 1.807) is 16.7 Å². The van der Waals surface area contributed by atoms with Crippen molar-refractivity contribution in [1.29, 1.82) is 0 Å². The van der Waals surface area contributed by atoms with Gasteiger partial charge in [0.2, 0.25) is 0 Å². The summed E-state index contributed by atoms with van der Waals surface area (Å²) in [7, 11) is 17.4. The molecule has 2 aliphatic rings. The van der Waals surface area contributed by atoms with Crippen molar-refractivity contribution >= 4 is 53.7 Å². The summed E-state index contributed by atoms with van der Waals surface area (Å²) in [5, 5.41) is -1.56. The van der Waals surface area contributed by atoms with E-state index in [2.05, 4.69) is 4.98 Å². The van der Waals surface area contributed by atoms with Gasteiger partial charge in [0, 0.05) is 34.5 Å². The molecule has 0 N–H and O–H groups in total. The zero-order chi connectivity index (χ0) is 28.7. The van der Waals surface area contributed by atoms with Crippen molar-refractivity contribution in [3.63, 3.8) is 0 Å². The summed E-state index contributed by atoms with van der Waals surface area (Å²) in [5.41, 5.74) is 1.37. The molecule has 1 amide bonds. The smallest absolute Gasteiger partial charge is 0.387 e. The summed E-state index contributed by atoms with van der Waals surface area (Å²) < 4.78 is 63.6. The summed E-state index contributed by atoms with van der Waals surface area (Å²) in [4.78, 5) is 19.3. The molecule has 3 aromatic carbocycles. The predicted molar refractivity (Wildman–Crippen MR) is 148 cm³/mol. The molecule has 6 radical (unpaired) electrons. The van der Waals surface area contributed by atoms with E-state index in [0.717, 1.165) is 4.90 Å². The number of nitrogens with zero attached hydrogens (tertiary/aromatic N) is 3. The summed E-state index contributed by atoms with van der Waals surface area (Å²) in [6.45, 7) is 0.695. The molecule has 0 aliphatic carbocycles. The van der Waals surface area contributed by atoms with Crippen LogP contribution in [0.4, 0.5) is 17.6 Å². The lowest BCUT2D eigenvalue weighted by atomic mass is 9.48. The van der Waals surface area contributed by atoms with Crippen molar-refractivity contribution in [3.05, 3.63) is 77.1 Å². The van der Waals surface area contributed by atoms with Crippen molar-refractivity contribution in [1.82, 2.24) is 14.5 Å². The van der Waals surface area contributed by atoms with Gasteiger partial charge in [-0.15, -0.1) is 0 Å². The maximum atomic E-state index is 15.4. The van der Waals surface area contributed by atoms with Crippen LogP contribution in [0.3, 0.4) is 0 Å². The summed E-state index contributed by atoms with van der Waals surface area (Å²) in [5.74, 6) is -1.63. The lowest BCUT2D eigenvalue weighted by molar-refractivity contribution is -0.0507. The van der Waals surface area contributed by atoms with E-state index in [-0.39, 0.29) is 34.4 Å². The molecule has 196 valence electrons. The fourth-order valence-corrected chi connectivity index (χ4v) is 6.70. The van der Waals surface area contributed by atoms with Crippen LogP contribution in [0.2, 0.25) is 0 Å². The Morgan fingerprint density at radius 1 is 1.02 bits per heavy atom. The Labute approximate surface area is 232 Å². The van der Waals surface area contributed by atoms with Crippen LogP contribution in [0.15, 0.2) is 48.5 Å². The van der Waals surface area contributed by atoms with Crippen LogP contribution in [-0.4, -0.2) is 69.1 Å². The van der Waals surface area contributed by atoms with Crippen LogP contribution >= 0.6 is 7.92 Å². The van der Waals surface area contributed by atoms with Crippen LogP contribution in [0, 0.1) is 11.6 Å². The standard InChI is InChI=1S/C27H19B3F4N3O2P/c1-40(2)22-7-6-12(8-16(22)32)14-9-18-17(10-15(14)31)35-24-20-11-19(36(18)24)23-13(25(38)37(20)27(28,29)30)4-3-5-21(23)39-26(33)34/h3-10,19-20,26H,11H2,1-2H3/t19-,20-/m1/s1. The molecule has 40 heavy (non-hydrogen) atoms.